The van der Waals surface area contributed by atoms with Gasteiger partial charge < -0.3 is 15.5 Å². The monoisotopic (exact) mass is 327 g/mol. The van der Waals surface area contributed by atoms with Crippen molar-refractivity contribution in [3.05, 3.63) is 47.2 Å². The van der Waals surface area contributed by atoms with Crippen LogP contribution in [-0.2, 0) is 13.1 Å². The lowest BCUT2D eigenvalue weighted by molar-refractivity contribution is 0.0827. The fraction of sp³-hybridized carbons (Fsp3) is 0.444. The van der Waals surface area contributed by atoms with Gasteiger partial charge >= 0.3 is 0 Å². The van der Waals surface area contributed by atoms with Crippen molar-refractivity contribution in [1.82, 2.24) is 20.0 Å². The topological polar surface area (TPSA) is 62.2 Å². The van der Waals surface area contributed by atoms with Crippen LogP contribution in [-0.4, -0.2) is 47.8 Å². The zero-order valence-corrected chi connectivity index (χ0v) is 14.5. The van der Waals surface area contributed by atoms with Crippen molar-refractivity contribution in [2.75, 3.05) is 32.5 Å². The lowest BCUT2D eigenvalue weighted by Gasteiger charge is -2.25. The molecule has 0 saturated heterocycles. The van der Waals surface area contributed by atoms with Crippen LogP contribution in [0.1, 0.15) is 21.6 Å². The Labute approximate surface area is 142 Å². The molecule has 2 heterocycles. The van der Waals surface area contributed by atoms with Gasteiger partial charge in [0, 0.05) is 57.8 Å². The fourth-order valence-electron chi connectivity index (χ4n) is 3.01. The van der Waals surface area contributed by atoms with Crippen LogP contribution in [0.5, 0.6) is 0 Å². The van der Waals surface area contributed by atoms with E-state index in [1.807, 2.05) is 35.9 Å². The number of aryl methyl sites for hydroxylation is 1. The van der Waals surface area contributed by atoms with Crippen LogP contribution in [0.15, 0.2) is 30.3 Å². The smallest absolute Gasteiger partial charge is 0.253 e. The number of anilines is 1. The predicted molar refractivity (Wildman–Crippen MR) is 95.1 cm³/mol. The third-order valence-corrected chi connectivity index (χ3v) is 4.25. The minimum absolute atomic E-state index is 0.0370. The Morgan fingerprint density at radius 2 is 2.25 bits per heavy atom. The second-order valence-electron chi connectivity index (χ2n) is 6.63. The summed E-state index contributed by atoms with van der Waals surface area (Å²) in [5.74, 6) is 1.65. The summed E-state index contributed by atoms with van der Waals surface area (Å²) in [6.07, 6.45) is 0. The number of amides is 1. The van der Waals surface area contributed by atoms with E-state index in [0.717, 1.165) is 48.8 Å². The van der Waals surface area contributed by atoms with E-state index in [1.165, 1.54) is 0 Å². The second-order valence-corrected chi connectivity index (χ2v) is 6.63. The van der Waals surface area contributed by atoms with Crippen molar-refractivity contribution in [3.8, 4) is 0 Å². The van der Waals surface area contributed by atoms with Gasteiger partial charge in [-0.3, -0.25) is 4.79 Å². The molecular formula is C18H25N5O. The summed E-state index contributed by atoms with van der Waals surface area (Å²) in [5.41, 5.74) is 2.91. The van der Waals surface area contributed by atoms with Gasteiger partial charge in [-0.05, 0) is 24.6 Å². The summed E-state index contributed by atoms with van der Waals surface area (Å²) < 4.78 is 2.04. The molecule has 1 aromatic heterocycles. The Morgan fingerprint density at radius 1 is 1.42 bits per heavy atom. The van der Waals surface area contributed by atoms with E-state index in [-0.39, 0.29) is 5.91 Å². The van der Waals surface area contributed by atoms with Crippen LogP contribution >= 0.6 is 0 Å². The standard InChI is InChI=1S/C18H25N5O/c1-13-7-17-20-11-15(12-23(17)21-13)10-19-9-14-5-4-6-16(8-14)18(24)22(2)3/h4-8,15,19-20H,9-12H2,1-3H3/t15-/m0/s1. The van der Waals surface area contributed by atoms with Gasteiger partial charge in [0.05, 0.1) is 5.69 Å². The maximum Gasteiger partial charge on any atom is 0.253 e. The first-order chi connectivity index (χ1) is 11.5. The van der Waals surface area contributed by atoms with Crippen LogP contribution in [0.25, 0.3) is 0 Å². The van der Waals surface area contributed by atoms with E-state index in [4.69, 9.17) is 0 Å². The maximum absolute atomic E-state index is 12.0. The summed E-state index contributed by atoms with van der Waals surface area (Å²) in [4.78, 5) is 13.6. The molecule has 128 valence electrons. The molecule has 0 spiro atoms. The van der Waals surface area contributed by atoms with E-state index in [9.17, 15) is 4.79 Å². The fourth-order valence-corrected chi connectivity index (χ4v) is 3.01. The van der Waals surface area contributed by atoms with E-state index >= 15 is 0 Å². The molecule has 6 heteroatoms. The second kappa shape index (κ2) is 7.05. The first-order valence-corrected chi connectivity index (χ1v) is 8.32. The minimum Gasteiger partial charge on any atom is -0.370 e. The van der Waals surface area contributed by atoms with Crippen molar-refractivity contribution in [1.29, 1.82) is 0 Å². The van der Waals surface area contributed by atoms with Gasteiger partial charge in [0.1, 0.15) is 5.82 Å². The van der Waals surface area contributed by atoms with Crippen LogP contribution < -0.4 is 10.6 Å². The number of nitrogens with one attached hydrogen (secondary N) is 2. The predicted octanol–water partition coefficient (Wildman–Crippen LogP) is 1.72. The average Bonchev–Trinajstić information content (AvgIpc) is 2.93. The Hall–Kier alpha value is -2.34. The SMILES string of the molecule is Cc1cc2n(n1)C[C@@H](CNCc1cccc(C(=O)N(C)C)c1)CN2. The lowest BCUT2D eigenvalue weighted by atomic mass is 10.1. The molecule has 6 nitrogen and oxygen atoms in total. The van der Waals surface area contributed by atoms with Crippen molar-refractivity contribution < 1.29 is 4.79 Å². The third-order valence-electron chi connectivity index (χ3n) is 4.25. The normalized spacial score (nSPS) is 16.4. The van der Waals surface area contributed by atoms with Crippen molar-refractivity contribution in [2.45, 2.75) is 20.0 Å². The molecule has 1 amide bonds. The molecule has 1 aromatic carbocycles. The summed E-state index contributed by atoms with van der Waals surface area (Å²) in [6.45, 7) is 5.58. The molecule has 0 aliphatic carbocycles. The quantitative estimate of drug-likeness (QED) is 0.878. The highest BCUT2D eigenvalue weighted by Crippen LogP contribution is 2.18. The van der Waals surface area contributed by atoms with Gasteiger partial charge in [-0.15, -0.1) is 0 Å². The molecule has 1 aliphatic heterocycles. The van der Waals surface area contributed by atoms with Crippen LogP contribution in [0.2, 0.25) is 0 Å². The average molecular weight is 327 g/mol. The molecule has 0 unspecified atom stereocenters. The number of benzene rings is 1. The highest BCUT2D eigenvalue weighted by atomic mass is 16.2. The summed E-state index contributed by atoms with van der Waals surface area (Å²) >= 11 is 0. The molecule has 24 heavy (non-hydrogen) atoms. The van der Waals surface area contributed by atoms with Gasteiger partial charge in [0.2, 0.25) is 0 Å². The van der Waals surface area contributed by atoms with Gasteiger partial charge in [0.15, 0.2) is 0 Å². The Balaban J connectivity index is 1.52. The molecule has 1 atom stereocenters. The number of carbonyl (C=O) groups is 1. The molecule has 3 rings (SSSR count). The van der Waals surface area contributed by atoms with E-state index in [2.05, 4.69) is 21.8 Å². The summed E-state index contributed by atoms with van der Waals surface area (Å²) in [6, 6.07) is 9.89. The Bertz CT molecular complexity index is 722. The molecule has 1 aliphatic rings. The highest BCUT2D eigenvalue weighted by Gasteiger charge is 2.18. The molecule has 0 radical (unpaired) electrons. The zero-order valence-electron chi connectivity index (χ0n) is 14.5. The summed E-state index contributed by atoms with van der Waals surface area (Å²) in [5, 5.41) is 11.4. The van der Waals surface area contributed by atoms with Gasteiger partial charge in [0.25, 0.3) is 5.91 Å². The number of hydrogen-bond donors (Lipinski definition) is 2. The number of hydrogen-bond acceptors (Lipinski definition) is 4. The lowest BCUT2D eigenvalue weighted by Crippen LogP contribution is -2.35. The number of rotatable bonds is 5. The molecular weight excluding hydrogens is 302 g/mol. The largest absolute Gasteiger partial charge is 0.370 e. The third kappa shape index (κ3) is 3.76. The van der Waals surface area contributed by atoms with Crippen molar-refractivity contribution in [2.24, 2.45) is 5.92 Å². The van der Waals surface area contributed by atoms with E-state index < -0.39 is 0 Å². The van der Waals surface area contributed by atoms with Crippen molar-refractivity contribution >= 4 is 11.7 Å². The number of aromatic nitrogens is 2. The molecule has 0 saturated carbocycles. The van der Waals surface area contributed by atoms with Gasteiger partial charge in [-0.25, -0.2) is 4.68 Å². The zero-order chi connectivity index (χ0) is 17.1. The molecule has 0 fully saturated rings. The first kappa shape index (κ1) is 16.5. The van der Waals surface area contributed by atoms with Crippen LogP contribution in [0, 0.1) is 12.8 Å². The molecule has 0 bridgehead atoms. The molecule has 2 N–H and O–H groups in total. The van der Waals surface area contributed by atoms with Gasteiger partial charge in [-0.2, -0.15) is 5.10 Å². The first-order valence-electron chi connectivity index (χ1n) is 8.32. The van der Waals surface area contributed by atoms with E-state index in [0.29, 0.717) is 5.92 Å². The Kier molecular flexibility index (Phi) is 4.85. The molecule has 2 aromatic rings. The Morgan fingerprint density at radius 3 is 3.04 bits per heavy atom. The highest BCUT2D eigenvalue weighted by molar-refractivity contribution is 5.94. The maximum atomic E-state index is 12.0. The van der Waals surface area contributed by atoms with Crippen LogP contribution in [0.3, 0.4) is 0 Å². The van der Waals surface area contributed by atoms with Crippen molar-refractivity contribution in [3.63, 3.8) is 0 Å². The minimum atomic E-state index is 0.0370. The number of nitrogens with zero attached hydrogens (tertiary/aromatic N) is 3. The van der Waals surface area contributed by atoms with Crippen LogP contribution in [0.4, 0.5) is 5.82 Å². The number of fused-ring (bicyclic) bond motifs is 1. The summed E-state index contributed by atoms with van der Waals surface area (Å²) in [7, 11) is 3.54. The number of carbonyl (C=O) groups excluding carboxylic acids is 1. The van der Waals surface area contributed by atoms with E-state index in [1.54, 1.807) is 19.0 Å². The van der Waals surface area contributed by atoms with Gasteiger partial charge in [-0.1, -0.05) is 12.1 Å².